The first kappa shape index (κ1) is 15.3. The molecule has 1 aromatic rings. The molecule has 0 aliphatic carbocycles. The number of halogens is 1. The molecule has 1 atom stereocenters. The average Bonchev–Trinajstić information content (AvgIpc) is 2.42. The van der Waals surface area contributed by atoms with Gasteiger partial charge in [-0.1, -0.05) is 31.0 Å². The minimum atomic E-state index is 0.0242. The molecule has 0 bridgehead atoms. The van der Waals surface area contributed by atoms with E-state index >= 15 is 0 Å². The number of anilines is 1. The van der Waals surface area contributed by atoms with Crippen molar-refractivity contribution in [2.24, 2.45) is 0 Å². The Hall–Kier alpha value is -1.06. The summed E-state index contributed by atoms with van der Waals surface area (Å²) in [5, 5.41) is 3.52. The highest BCUT2D eigenvalue weighted by atomic mass is 35.5. The van der Waals surface area contributed by atoms with Crippen LogP contribution in [0, 0.1) is 6.92 Å². The minimum absolute atomic E-state index is 0.0242. The zero-order chi connectivity index (χ0) is 14.5. The summed E-state index contributed by atoms with van der Waals surface area (Å²) >= 11 is 6.14. The normalized spacial score (nSPS) is 19.9. The van der Waals surface area contributed by atoms with Gasteiger partial charge in [-0.25, -0.2) is 0 Å². The van der Waals surface area contributed by atoms with E-state index in [1.54, 1.807) is 0 Å². The number of carbonyl (C=O) groups excluding carboxylic acids is 1. The van der Waals surface area contributed by atoms with Crippen LogP contribution in [0.15, 0.2) is 18.2 Å². The highest BCUT2D eigenvalue weighted by Gasteiger charge is 2.22. The minimum Gasteiger partial charge on any atom is -0.324 e. The summed E-state index contributed by atoms with van der Waals surface area (Å²) in [7, 11) is 0. The molecule has 20 heavy (non-hydrogen) atoms. The van der Waals surface area contributed by atoms with Crippen molar-refractivity contribution in [3.63, 3.8) is 0 Å². The van der Waals surface area contributed by atoms with Crippen molar-refractivity contribution in [3.8, 4) is 0 Å². The molecule has 1 fully saturated rings. The number of piperidine rings is 1. The zero-order valence-electron chi connectivity index (χ0n) is 12.3. The first-order chi connectivity index (χ1) is 9.60. The first-order valence-corrected chi connectivity index (χ1v) is 7.78. The molecule has 0 radical (unpaired) electrons. The molecule has 1 unspecified atom stereocenters. The van der Waals surface area contributed by atoms with Gasteiger partial charge in [-0.3, -0.25) is 9.69 Å². The maximum Gasteiger partial charge on any atom is 0.238 e. The van der Waals surface area contributed by atoms with Gasteiger partial charge in [-0.15, -0.1) is 0 Å². The number of amides is 1. The predicted octanol–water partition coefficient (Wildman–Crippen LogP) is 3.85. The molecule has 1 aliphatic rings. The largest absolute Gasteiger partial charge is 0.324 e. The van der Waals surface area contributed by atoms with Crippen LogP contribution in [-0.4, -0.2) is 29.9 Å². The van der Waals surface area contributed by atoms with Crippen LogP contribution in [-0.2, 0) is 4.79 Å². The topological polar surface area (TPSA) is 32.3 Å². The molecule has 0 saturated carbocycles. The highest BCUT2D eigenvalue weighted by molar-refractivity contribution is 6.33. The molecule has 0 aromatic heterocycles. The number of likely N-dealkylation sites (tertiary alicyclic amines) is 1. The lowest BCUT2D eigenvalue weighted by Gasteiger charge is -2.34. The van der Waals surface area contributed by atoms with Crippen molar-refractivity contribution in [2.75, 3.05) is 18.4 Å². The third-order valence-corrected chi connectivity index (χ3v) is 4.28. The summed E-state index contributed by atoms with van der Waals surface area (Å²) in [4.78, 5) is 14.5. The van der Waals surface area contributed by atoms with E-state index in [0.29, 0.717) is 23.3 Å². The Labute approximate surface area is 126 Å². The van der Waals surface area contributed by atoms with Crippen LogP contribution >= 0.6 is 11.6 Å². The lowest BCUT2D eigenvalue weighted by Crippen LogP contribution is -2.43. The second-order valence-corrected chi connectivity index (χ2v) is 5.97. The Morgan fingerprint density at radius 1 is 1.45 bits per heavy atom. The fourth-order valence-corrected chi connectivity index (χ4v) is 3.11. The van der Waals surface area contributed by atoms with Crippen molar-refractivity contribution >= 4 is 23.2 Å². The van der Waals surface area contributed by atoms with Gasteiger partial charge in [0.05, 0.1) is 17.3 Å². The van der Waals surface area contributed by atoms with E-state index in [9.17, 15) is 4.79 Å². The van der Waals surface area contributed by atoms with Crippen LogP contribution in [0.4, 0.5) is 5.69 Å². The highest BCUT2D eigenvalue weighted by Crippen LogP contribution is 2.23. The number of hydrogen-bond donors (Lipinski definition) is 1. The van der Waals surface area contributed by atoms with Gasteiger partial charge in [0.25, 0.3) is 0 Å². The van der Waals surface area contributed by atoms with Crippen molar-refractivity contribution in [1.82, 2.24) is 4.90 Å². The molecule has 0 spiro atoms. The molecule has 1 aliphatic heterocycles. The van der Waals surface area contributed by atoms with Crippen LogP contribution < -0.4 is 5.32 Å². The maximum atomic E-state index is 12.2. The van der Waals surface area contributed by atoms with Crippen LogP contribution in [0.5, 0.6) is 0 Å². The van der Waals surface area contributed by atoms with E-state index in [-0.39, 0.29) is 5.91 Å². The number of aryl methyl sites for hydroxylation is 1. The monoisotopic (exact) mass is 294 g/mol. The van der Waals surface area contributed by atoms with Crippen molar-refractivity contribution in [1.29, 1.82) is 0 Å². The summed E-state index contributed by atoms with van der Waals surface area (Å²) in [6.45, 7) is 5.66. The number of nitrogens with one attached hydrogen (secondary N) is 1. The molecule has 2 rings (SSSR count). The standard InChI is InChI=1S/C16H23ClN2O/c1-3-13-6-4-5-9-19(13)11-16(20)18-15-8-7-12(2)10-14(15)17/h7-8,10,13H,3-6,9,11H2,1-2H3,(H,18,20). The van der Waals surface area contributed by atoms with E-state index < -0.39 is 0 Å². The fraction of sp³-hybridized carbons (Fsp3) is 0.562. The number of rotatable bonds is 4. The van der Waals surface area contributed by atoms with Crippen molar-refractivity contribution in [3.05, 3.63) is 28.8 Å². The molecule has 3 nitrogen and oxygen atoms in total. The van der Waals surface area contributed by atoms with Gasteiger partial charge >= 0.3 is 0 Å². The van der Waals surface area contributed by atoms with Gasteiger partial charge < -0.3 is 5.32 Å². The lowest BCUT2D eigenvalue weighted by atomic mass is 10.00. The number of nitrogens with zero attached hydrogens (tertiary/aromatic N) is 1. The van der Waals surface area contributed by atoms with Crippen LogP contribution in [0.25, 0.3) is 0 Å². The number of hydrogen-bond acceptors (Lipinski definition) is 2. The Morgan fingerprint density at radius 3 is 2.95 bits per heavy atom. The van der Waals surface area contributed by atoms with Crippen LogP contribution in [0.3, 0.4) is 0 Å². The van der Waals surface area contributed by atoms with Gasteiger partial charge in [0, 0.05) is 6.04 Å². The molecular formula is C16H23ClN2O. The maximum absolute atomic E-state index is 12.2. The average molecular weight is 295 g/mol. The molecular weight excluding hydrogens is 272 g/mol. The Morgan fingerprint density at radius 2 is 2.25 bits per heavy atom. The first-order valence-electron chi connectivity index (χ1n) is 7.40. The van der Waals surface area contributed by atoms with Crippen LogP contribution in [0.2, 0.25) is 5.02 Å². The third kappa shape index (κ3) is 3.97. The van der Waals surface area contributed by atoms with Crippen LogP contribution in [0.1, 0.15) is 38.2 Å². The van der Waals surface area contributed by atoms with Gasteiger partial charge in [0.2, 0.25) is 5.91 Å². The lowest BCUT2D eigenvalue weighted by molar-refractivity contribution is -0.118. The summed E-state index contributed by atoms with van der Waals surface area (Å²) in [5.74, 6) is 0.0242. The smallest absolute Gasteiger partial charge is 0.238 e. The molecule has 1 N–H and O–H groups in total. The molecule has 1 aromatic carbocycles. The van der Waals surface area contributed by atoms with Gasteiger partial charge in [0.15, 0.2) is 0 Å². The second-order valence-electron chi connectivity index (χ2n) is 5.56. The summed E-state index contributed by atoms with van der Waals surface area (Å²) in [5.41, 5.74) is 1.79. The number of benzene rings is 1. The fourth-order valence-electron chi connectivity index (χ4n) is 2.83. The summed E-state index contributed by atoms with van der Waals surface area (Å²) in [6, 6.07) is 6.23. The molecule has 1 saturated heterocycles. The Balaban J connectivity index is 1.94. The van der Waals surface area contributed by atoms with E-state index in [0.717, 1.165) is 18.5 Å². The SMILES string of the molecule is CCC1CCCCN1CC(=O)Nc1ccc(C)cc1Cl. The Kier molecular flexibility index (Phi) is 5.44. The zero-order valence-corrected chi connectivity index (χ0v) is 13.0. The second kappa shape index (κ2) is 7.09. The van der Waals surface area contributed by atoms with Crippen molar-refractivity contribution in [2.45, 2.75) is 45.6 Å². The molecule has 1 heterocycles. The van der Waals surface area contributed by atoms with Gasteiger partial charge in [-0.05, 0) is 50.4 Å². The molecule has 4 heteroatoms. The van der Waals surface area contributed by atoms with Gasteiger partial charge in [0.1, 0.15) is 0 Å². The summed E-state index contributed by atoms with van der Waals surface area (Å²) in [6.07, 6.45) is 4.78. The molecule has 1 amide bonds. The summed E-state index contributed by atoms with van der Waals surface area (Å²) < 4.78 is 0. The molecule has 110 valence electrons. The predicted molar refractivity (Wildman–Crippen MR) is 84.3 cm³/mol. The van der Waals surface area contributed by atoms with E-state index in [2.05, 4.69) is 17.1 Å². The van der Waals surface area contributed by atoms with E-state index in [1.165, 1.54) is 19.3 Å². The quantitative estimate of drug-likeness (QED) is 0.915. The number of carbonyl (C=O) groups is 1. The van der Waals surface area contributed by atoms with E-state index in [1.807, 2.05) is 25.1 Å². The van der Waals surface area contributed by atoms with Gasteiger partial charge in [-0.2, -0.15) is 0 Å². The third-order valence-electron chi connectivity index (χ3n) is 3.97. The van der Waals surface area contributed by atoms with Crippen molar-refractivity contribution < 1.29 is 4.79 Å². The Bertz CT molecular complexity index is 476. The van der Waals surface area contributed by atoms with E-state index in [4.69, 9.17) is 11.6 Å².